The molecule has 0 aliphatic carbocycles. The molecule has 1 fully saturated rings. The van der Waals surface area contributed by atoms with E-state index in [9.17, 15) is 4.79 Å². The quantitative estimate of drug-likeness (QED) is 0.711. The van der Waals surface area contributed by atoms with Gasteiger partial charge in [0.25, 0.3) is 0 Å². The average Bonchev–Trinajstić information content (AvgIpc) is 2.50. The van der Waals surface area contributed by atoms with E-state index in [4.69, 9.17) is 0 Å². The van der Waals surface area contributed by atoms with Crippen molar-refractivity contribution in [3.05, 3.63) is 18.2 Å². The molecule has 1 unspecified atom stereocenters. The first-order valence-corrected chi connectivity index (χ1v) is 5.34. The number of aryl methyl sites for hydroxylation is 1. The summed E-state index contributed by atoms with van der Waals surface area (Å²) >= 11 is 3.32. The molecule has 4 nitrogen and oxygen atoms in total. The fourth-order valence-corrected chi connectivity index (χ4v) is 1.88. The number of anilines is 1. The molecule has 74 valence electrons. The maximum Gasteiger partial charge on any atom is 0.240 e. The Labute approximate surface area is 90.5 Å². The summed E-state index contributed by atoms with van der Waals surface area (Å²) in [6.07, 6.45) is 4.21. The van der Waals surface area contributed by atoms with Gasteiger partial charge in [-0.25, -0.2) is 9.97 Å². The van der Waals surface area contributed by atoms with Crippen LogP contribution in [0, 0.1) is 6.92 Å². The number of halogens is 1. The molecule has 5 heteroatoms. The Kier molecular flexibility index (Phi) is 2.50. The summed E-state index contributed by atoms with van der Waals surface area (Å²) in [5, 5.41) is 0. The van der Waals surface area contributed by atoms with E-state index in [-0.39, 0.29) is 10.7 Å². The van der Waals surface area contributed by atoms with E-state index in [1.807, 2.05) is 6.92 Å². The van der Waals surface area contributed by atoms with Crippen LogP contribution in [0.2, 0.25) is 0 Å². The zero-order valence-corrected chi connectivity index (χ0v) is 9.36. The topological polar surface area (TPSA) is 46.1 Å². The van der Waals surface area contributed by atoms with E-state index in [2.05, 4.69) is 25.9 Å². The first-order chi connectivity index (χ1) is 6.68. The number of hydrogen-bond donors (Lipinski definition) is 0. The summed E-state index contributed by atoms with van der Waals surface area (Å²) in [4.78, 5) is 21.4. The highest BCUT2D eigenvalue weighted by atomic mass is 79.9. The Hall–Kier alpha value is -0.970. The van der Waals surface area contributed by atoms with Crippen LogP contribution in [0.1, 0.15) is 12.2 Å². The molecule has 1 atom stereocenters. The number of alkyl halides is 1. The summed E-state index contributed by atoms with van der Waals surface area (Å²) in [7, 11) is 0. The van der Waals surface area contributed by atoms with Crippen molar-refractivity contribution in [3.63, 3.8) is 0 Å². The van der Waals surface area contributed by atoms with Gasteiger partial charge < -0.3 is 4.90 Å². The lowest BCUT2D eigenvalue weighted by atomic mass is 10.4. The SMILES string of the molecule is Cc1ncc(N2CCC(Br)C2=O)cn1. The fourth-order valence-electron chi connectivity index (χ4n) is 1.43. The number of amides is 1. The van der Waals surface area contributed by atoms with Crippen LogP contribution in [0.25, 0.3) is 0 Å². The molecule has 0 bridgehead atoms. The third-order valence-corrected chi connectivity index (χ3v) is 3.07. The number of carbonyl (C=O) groups excluding carboxylic acids is 1. The molecule has 14 heavy (non-hydrogen) atoms. The fraction of sp³-hybridized carbons (Fsp3) is 0.444. The highest BCUT2D eigenvalue weighted by molar-refractivity contribution is 9.10. The summed E-state index contributed by atoms with van der Waals surface area (Å²) in [6.45, 7) is 2.56. The molecule has 1 saturated heterocycles. The van der Waals surface area contributed by atoms with Crippen LogP contribution in [0.3, 0.4) is 0 Å². The molecule has 0 aromatic carbocycles. The first kappa shape index (κ1) is 9.58. The van der Waals surface area contributed by atoms with Gasteiger partial charge in [0, 0.05) is 6.54 Å². The third-order valence-electron chi connectivity index (χ3n) is 2.22. The minimum atomic E-state index is -0.0520. The zero-order valence-electron chi connectivity index (χ0n) is 7.77. The summed E-state index contributed by atoms with van der Waals surface area (Å²) in [6, 6.07) is 0. The van der Waals surface area contributed by atoms with Gasteiger partial charge in [-0.1, -0.05) is 15.9 Å². The predicted molar refractivity (Wildman–Crippen MR) is 56.5 cm³/mol. The smallest absolute Gasteiger partial charge is 0.240 e. The van der Waals surface area contributed by atoms with Crippen molar-refractivity contribution >= 4 is 27.5 Å². The van der Waals surface area contributed by atoms with Crippen molar-refractivity contribution in [2.75, 3.05) is 11.4 Å². The van der Waals surface area contributed by atoms with E-state index >= 15 is 0 Å². The van der Waals surface area contributed by atoms with E-state index < -0.39 is 0 Å². The van der Waals surface area contributed by atoms with Crippen molar-refractivity contribution in [1.29, 1.82) is 0 Å². The molecule has 0 spiro atoms. The van der Waals surface area contributed by atoms with Gasteiger partial charge in [-0.3, -0.25) is 4.79 Å². The molecular formula is C9H10BrN3O. The predicted octanol–water partition coefficient (Wildman–Crippen LogP) is 1.29. The molecule has 1 aromatic rings. The second-order valence-electron chi connectivity index (χ2n) is 3.23. The van der Waals surface area contributed by atoms with Gasteiger partial charge in [-0.05, 0) is 13.3 Å². The van der Waals surface area contributed by atoms with Crippen LogP contribution in [0.5, 0.6) is 0 Å². The van der Waals surface area contributed by atoms with Crippen molar-refractivity contribution in [2.45, 2.75) is 18.2 Å². The Morgan fingerprint density at radius 2 is 2.14 bits per heavy atom. The van der Waals surface area contributed by atoms with Crippen LogP contribution in [0.15, 0.2) is 12.4 Å². The van der Waals surface area contributed by atoms with Crippen LogP contribution in [-0.4, -0.2) is 27.2 Å². The van der Waals surface area contributed by atoms with Crippen molar-refractivity contribution in [2.24, 2.45) is 0 Å². The van der Waals surface area contributed by atoms with E-state index in [0.29, 0.717) is 0 Å². The second kappa shape index (κ2) is 3.65. The van der Waals surface area contributed by atoms with Gasteiger partial charge in [0.1, 0.15) is 5.82 Å². The van der Waals surface area contributed by atoms with E-state index in [1.54, 1.807) is 17.3 Å². The second-order valence-corrected chi connectivity index (χ2v) is 4.34. The third kappa shape index (κ3) is 1.64. The van der Waals surface area contributed by atoms with Crippen molar-refractivity contribution in [1.82, 2.24) is 9.97 Å². The van der Waals surface area contributed by atoms with Crippen molar-refractivity contribution in [3.8, 4) is 0 Å². The Morgan fingerprint density at radius 3 is 2.64 bits per heavy atom. The number of hydrogen-bond acceptors (Lipinski definition) is 3. The zero-order chi connectivity index (χ0) is 10.1. The molecular weight excluding hydrogens is 246 g/mol. The van der Waals surface area contributed by atoms with Crippen molar-refractivity contribution < 1.29 is 4.79 Å². The van der Waals surface area contributed by atoms with Crippen LogP contribution >= 0.6 is 15.9 Å². The van der Waals surface area contributed by atoms with Crippen LogP contribution in [-0.2, 0) is 4.79 Å². The van der Waals surface area contributed by atoms with Gasteiger partial charge in [0.2, 0.25) is 5.91 Å². The maximum atomic E-state index is 11.6. The van der Waals surface area contributed by atoms with E-state index in [1.165, 1.54) is 0 Å². The highest BCUT2D eigenvalue weighted by Crippen LogP contribution is 2.23. The normalized spacial score (nSPS) is 21.7. The molecule has 1 amide bonds. The lowest BCUT2D eigenvalue weighted by molar-refractivity contribution is -0.116. The van der Waals surface area contributed by atoms with Gasteiger partial charge in [-0.15, -0.1) is 0 Å². The molecule has 2 rings (SSSR count). The molecule has 1 aliphatic rings. The number of carbonyl (C=O) groups is 1. The Bertz CT molecular complexity index is 352. The van der Waals surface area contributed by atoms with Gasteiger partial charge >= 0.3 is 0 Å². The summed E-state index contributed by atoms with van der Waals surface area (Å²) in [5.74, 6) is 0.813. The monoisotopic (exact) mass is 255 g/mol. The summed E-state index contributed by atoms with van der Waals surface area (Å²) < 4.78 is 0. The molecule has 1 aliphatic heterocycles. The maximum absolute atomic E-state index is 11.6. The number of rotatable bonds is 1. The largest absolute Gasteiger partial charge is 0.309 e. The van der Waals surface area contributed by atoms with Gasteiger partial charge in [-0.2, -0.15) is 0 Å². The van der Waals surface area contributed by atoms with Gasteiger partial charge in [0.05, 0.1) is 22.9 Å². The molecule has 0 N–H and O–H groups in total. The standard InChI is InChI=1S/C9H10BrN3O/c1-6-11-4-7(5-12-6)13-3-2-8(10)9(13)14/h4-5,8H,2-3H2,1H3. The highest BCUT2D eigenvalue weighted by Gasteiger charge is 2.30. The number of aromatic nitrogens is 2. The average molecular weight is 256 g/mol. The minimum Gasteiger partial charge on any atom is -0.309 e. The molecule has 2 heterocycles. The Morgan fingerprint density at radius 1 is 1.50 bits per heavy atom. The first-order valence-electron chi connectivity index (χ1n) is 4.42. The van der Waals surface area contributed by atoms with Gasteiger partial charge in [0.15, 0.2) is 0 Å². The van der Waals surface area contributed by atoms with Crippen LogP contribution in [0.4, 0.5) is 5.69 Å². The lowest BCUT2D eigenvalue weighted by Gasteiger charge is -2.14. The molecule has 1 aromatic heterocycles. The number of nitrogens with zero attached hydrogens (tertiary/aromatic N) is 3. The summed E-state index contributed by atoms with van der Waals surface area (Å²) in [5.41, 5.74) is 0.780. The minimum absolute atomic E-state index is 0.0520. The van der Waals surface area contributed by atoms with E-state index in [0.717, 1.165) is 24.5 Å². The molecule has 0 radical (unpaired) electrons. The lowest BCUT2D eigenvalue weighted by Crippen LogP contribution is -2.27. The van der Waals surface area contributed by atoms with Crippen LogP contribution < -0.4 is 4.90 Å². The Balaban J connectivity index is 2.24. The molecule has 0 saturated carbocycles.